The Morgan fingerprint density at radius 3 is 2.83 bits per heavy atom. The van der Waals surface area contributed by atoms with E-state index >= 15 is 0 Å². The van der Waals surface area contributed by atoms with E-state index in [9.17, 15) is 0 Å². The minimum absolute atomic E-state index is 0.0606. The lowest BCUT2D eigenvalue weighted by molar-refractivity contribution is 0.778. The monoisotopic (exact) mass is 350 g/mol. The van der Waals surface area contributed by atoms with Gasteiger partial charge in [0, 0.05) is 10.5 Å². The Morgan fingerprint density at radius 2 is 2.08 bits per heavy atom. The van der Waals surface area contributed by atoms with Crippen LogP contribution < -0.4 is 0 Å². The smallest absolute Gasteiger partial charge is 0.277 e. The minimum atomic E-state index is -0.345. The molecule has 1 aliphatic rings. The van der Waals surface area contributed by atoms with E-state index in [1.807, 2.05) is 35.8 Å². The number of hydrogen-bond acceptors (Lipinski definition) is 4. The first-order valence-corrected chi connectivity index (χ1v) is 9.59. The number of benzene rings is 1. The lowest BCUT2D eigenvalue weighted by atomic mass is 9.82. The molecule has 3 heterocycles. The van der Waals surface area contributed by atoms with Crippen molar-refractivity contribution in [2.24, 2.45) is 4.99 Å². The number of nitrogens with one attached hydrogen (secondary N) is 1. The van der Waals surface area contributed by atoms with Gasteiger partial charge in [0.15, 0.2) is 5.82 Å². The van der Waals surface area contributed by atoms with E-state index in [2.05, 4.69) is 33.4 Å². The average Bonchev–Trinajstić information content (AvgIpc) is 3.31. The molecule has 118 valence electrons. The molecule has 0 saturated heterocycles. The van der Waals surface area contributed by atoms with Gasteiger partial charge in [-0.05, 0) is 29.3 Å². The van der Waals surface area contributed by atoms with Gasteiger partial charge in [0.05, 0.1) is 17.0 Å². The second kappa shape index (κ2) is 6.27. The number of H-pyrrole nitrogens is 1. The van der Waals surface area contributed by atoms with Gasteiger partial charge in [-0.25, -0.2) is 11.6 Å². The standard InChI is InChI=1S/C18H14N4S2/c1-19-17-15(11-6-3-4-7-13(11)23-2)12-10-20-22-18(12)21-16(17)14-8-5-9-24-14/h3-10,15,17H,2H3,(H,20,22). The zero-order valence-electron chi connectivity index (χ0n) is 12.9. The van der Waals surface area contributed by atoms with Gasteiger partial charge in [0.25, 0.3) is 6.04 Å². The number of rotatable bonds is 3. The van der Waals surface area contributed by atoms with Crippen molar-refractivity contribution in [3.8, 4) is 0 Å². The van der Waals surface area contributed by atoms with Crippen LogP contribution in [0.2, 0.25) is 0 Å². The maximum atomic E-state index is 7.84. The molecule has 3 aromatic rings. The molecule has 0 bridgehead atoms. The number of aliphatic imine (C=N–C) groups is 1. The predicted molar refractivity (Wildman–Crippen MR) is 99.6 cm³/mol. The Hall–Kier alpha value is -2.36. The molecule has 6 heteroatoms. The van der Waals surface area contributed by atoms with Crippen molar-refractivity contribution in [2.75, 3.05) is 6.26 Å². The summed E-state index contributed by atoms with van der Waals surface area (Å²) in [5.74, 6) is 0.703. The summed E-state index contributed by atoms with van der Waals surface area (Å²) in [6.45, 7) is 7.84. The second-order valence-corrected chi connectivity index (χ2v) is 7.24. The largest absolute Gasteiger partial charge is 0.306 e. The van der Waals surface area contributed by atoms with Crippen molar-refractivity contribution < 1.29 is 0 Å². The molecule has 1 aliphatic heterocycles. The summed E-state index contributed by atoms with van der Waals surface area (Å²) in [6, 6.07) is 12.0. The lowest BCUT2D eigenvalue weighted by Gasteiger charge is -2.24. The van der Waals surface area contributed by atoms with E-state index in [4.69, 9.17) is 11.6 Å². The minimum Gasteiger partial charge on any atom is -0.306 e. The molecular formula is C18H14N4S2. The number of fused-ring (bicyclic) bond motifs is 1. The van der Waals surface area contributed by atoms with Gasteiger partial charge in [0.2, 0.25) is 0 Å². The molecular weight excluding hydrogens is 336 g/mol. The average molecular weight is 350 g/mol. The van der Waals surface area contributed by atoms with E-state index in [1.165, 1.54) is 4.90 Å². The lowest BCUT2D eigenvalue weighted by Crippen LogP contribution is -2.29. The number of aromatic amines is 1. The molecule has 2 unspecified atom stereocenters. The van der Waals surface area contributed by atoms with E-state index in [1.54, 1.807) is 23.1 Å². The van der Waals surface area contributed by atoms with Crippen LogP contribution in [0.5, 0.6) is 0 Å². The Labute approximate surface area is 148 Å². The summed E-state index contributed by atoms with van der Waals surface area (Å²) in [5.41, 5.74) is 2.99. The first-order valence-electron chi connectivity index (χ1n) is 7.48. The highest BCUT2D eigenvalue weighted by atomic mass is 32.2. The number of thiophene rings is 1. The summed E-state index contributed by atoms with van der Waals surface area (Å²) >= 11 is 3.33. The molecule has 2 atom stereocenters. The SMILES string of the molecule is [C-]#[N+]C1C(c2cccs2)=Nc2[nH]ncc2C1c1ccccc1SC. The highest BCUT2D eigenvalue weighted by Crippen LogP contribution is 2.43. The number of aromatic nitrogens is 2. The Kier molecular flexibility index (Phi) is 3.97. The highest BCUT2D eigenvalue weighted by molar-refractivity contribution is 7.98. The molecule has 0 fully saturated rings. The van der Waals surface area contributed by atoms with Crippen molar-refractivity contribution in [1.82, 2.24) is 10.2 Å². The third kappa shape index (κ3) is 2.37. The quantitative estimate of drug-likeness (QED) is 0.547. The maximum Gasteiger partial charge on any atom is 0.277 e. The van der Waals surface area contributed by atoms with E-state index in [0.717, 1.165) is 27.5 Å². The summed E-state index contributed by atoms with van der Waals surface area (Å²) in [7, 11) is 0. The van der Waals surface area contributed by atoms with Gasteiger partial charge < -0.3 is 4.85 Å². The Morgan fingerprint density at radius 1 is 1.21 bits per heavy atom. The van der Waals surface area contributed by atoms with E-state index < -0.39 is 0 Å². The van der Waals surface area contributed by atoms with Crippen molar-refractivity contribution in [3.05, 3.63) is 75.4 Å². The molecule has 0 spiro atoms. The number of thioether (sulfide) groups is 1. The highest BCUT2D eigenvalue weighted by Gasteiger charge is 2.42. The van der Waals surface area contributed by atoms with Crippen molar-refractivity contribution in [2.45, 2.75) is 16.9 Å². The van der Waals surface area contributed by atoms with Crippen LogP contribution in [0.4, 0.5) is 5.82 Å². The summed E-state index contributed by atoms with van der Waals surface area (Å²) in [5, 5.41) is 9.19. The predicted octanol–water partition coefficient (Wildman–Crippen LogP) is 4.75. The third-order valence-corrected chi connectivity index (χ3v) is 5.90. The zero-order valence-corrected chi connectivity index (χ0v) is 14.6. The van der Waals surface area contributed by atoms with Crippen LogP contribution in [0.15, 0.2) is 57.9 Å². The fourth-order valence-electron chi connectivity index (χ4n) is 3.14. The first kappa shape index (κ1) is 15.2. The van der Waals surface area contributed by atoms with Gasteiger partial charge in [-0.2, -0.15) is 5.10 Å². The molecule has 4 rings (SSSR count). The third-order valence-electron chi connectivity index (χ3n) is 4.20. The molecule has 0 amide bonds. The summed E-state index contributed by atoms with van der Waals surface area (Å²) < 4.78 is 0. The molecule has 1 N–H and O–H groups in total. The molecule has 0 aliphatic carbocycles. The van der Waals surface area contributed by atoms with Crippen molar-refractivity contribution in [1.29, 1.82) is 0 Å². The van der Waals surface area contributed by atoms with Gasteiger partial charge in [-0.15, -0.1) is 23.1 Å². The Balaban J connectivity index is 1.94. The van der Waals surface area contributed by atoms with Crippen LogP contribution >= 0.6 is 23.1 Å². The number of nitrogens with zero attached hydrogens (tertiary/aromatic N) is 3. The van der Waals surface area contributed by atoms with E-state index in [-0.39, 0.29) is 12.0 Å². The molecule has 0 saturated carbocycles. The maximum absolute atomic E-state index is 7.84. The second-order valence-electron chi connectivity index (χ2n) is 5.44. The zero-order chi connectivity index (χ0) is 16.5. The fourth-order valence-corrected chi connectivity index (χ4v) is 4.54. The van der Waals surface area contributed by atoms with Crippen LogP contribution in [-0.4, -0.2) is 28.2 Å². The van der Waals surface area contributed by atoms with Crippen LogP contribution in [0.25, 0.3) is 4.85 Å². The normalized spacial score (nSPS) is 19.4. The number of hydrogen-bond donors (Lipinski definition) is 1. The van der Waals surface area contributed by atoms with Gasteiger partial charge in [-0.1, -0.05) is 24.3 Å². The first-order chi connectivity index (χ1) is 11.8. The van der Waals surface area contributed by atoms with Crippen LogP contribution in [0, 0.1) is 6.57 Å². The van der Waals surface area contributed by atoms with Gasteiger partial charge in [0.1, 0.15) is 5.71 Å². The molecule has 4 nitrogen and oxygen atoms in total. The van der Waals surface area contributed by atoms with Gasteiger partial charge in [-0.3, -0.25) is 5.10 Å². The molecule has 0 radical (unpaired) electrons. The fraction of sp³-hybridized carbons (Fsp3) is 0.167. The van der Waals surface area contributed by atoms with Crippen LogP contribution in [0.1, 0.15) is 21.9 Å². The molecule has 24 heavy (non-hydrogen) atoms. The van der Waals surface area contributed by atoms with E-state index in [0.29, 0.717) is 0 Å². The summed E-state index contributed by atoms with van der Waals surface area (Å²) in [6.07, 6.45) is 3.88. The van der Waals surface area contributed by atoms with Crippen molar-refractivity contribution >= 4 is 34.6 Å². The molecule has 1 aromatic carbocycles. The van der Waals surface area contributed by atoms with Gasteiger partial charge >= 0.3 is 0 Å². The van der Waals surface area contributed by atoms with Crippen LogP contribution in [0.3, 0.4) is 0 Å². The topological polar surface area (TPSA) is 45.4 Å². The van der Waals surface area contributed by atoms with Crippen LogP contribution in [-0.2, 0) is 0 Å². The van der Waals surface area contributed by atoms with Crippen molar-refractivity contribution in [3.63, 3.8) is 0 Å². The Bertz CT molecular complexity index is 934. The summed E-state index contributed by atoms with van der Waals surface area (Å²) in [4.78, 5) is 10.9. The molecule has 2 aromatic heterocycles.